The molecule has 0 aliphatic carbocycles. The van der Waals surface area contributed by atoms with Gasteiger partial charge in [0.05, 0.1) is 13.2 Å². The van der Waals surface area contributed by atoms with Gasteiger partial charge in [0.1, 0.15) is 6.33 Å². The summed E-state index contributed by atoms with van der Waals surface area (Å²) in [6.45, 7) is 2.83. The first-order valence-corrected chi connectivity index (χ1v) is 6.01. The number of halogens is 1. The van der Waals surface area contributed by atoms with Crippen molar-refractivity contribution in [2.75, 3.05) is 19.0 Å². The van der Waals surface area contributed by atoms with E-state index in [9.17, 15) is 0 Å². The lowest BCUT2D eigenvalue weighted by Crippen LogP contribution is -2.32. The van der Waals surface area contributed by atoms with Crippen molar-refractivity contribution in [2.24, 2.45) is 0 Å². The Labute approximate surface area is 105 Å². The SMILES string of the molecule is COc1c(Cl)ncnc1NC1CCOC(C)C1. The molecule has 2 heterocycles. The zero-order valence-electron chi connectivity index (χ0n) is 9.94. The summed E-state index contributed by atoms with van der Waals surface area (Å²) < 4.78 is 10.7. The first kappa shape index (κ1) is 12.4. The third-order valence-electron chi connectivity index (χ3n) is 2.79. The monoisotopic (exact) mass is 257 g/mol. The Hall–Kier alpha value is -1.07. The summed E-state index contributed by atoms with van der Waals surface area (Å²) in [5.41, 5.74) is 0. The van der Waals surface area contributed by atoms with Crippen molar-refractivity contribution in [2.45, 2.75) is 31.9 Å². The highest BCUT2D eigenvalue weighted by atomic mass is 35.5. The first-order valence-electron chi connectivity index (χ1n) is 5.63. The molecule has 0 aromatic carbocycles. The zero-order valence-corrected chi connectivity index (χ0v) is 10.7. The lowest BCUT2D eigenvalue weighted by molar-refractivity contribution is 0.0231. The van der Waals surface area contributed by atoms with Crippen molar-refractivity contribution < 1.29 is 9.47 Å². The number of aromatic nitrogens is 2. The molecule has 0 bridgehead atoms. The van der Waals surface area contributed by atoms with Gasteiger partial charge in [-0.1, -0.05) is 11.6 Å². The predicted octanol–water partition coefficient (Wildman–Crippen LogP) is 2.12. The van der Waals surface area contributed by atoms with E-state index in [-0.39, 0.29) is 6.10 Å². The molecule has 1 aliphatic rings. The van der Waals surface area contributed by atoms with Crippen LogP contribution in [0, 0.1) is 0 Å². The Morgan fingerprint density at radius 3 is 3.06 bits per heavy atom. The van der Waals surface area contributed by atoms with E-state index < -0.39 is 0 Å². The van der Waals surface area contributed by atoms with E-state index in [0.29, 0.717) is 22.8 Å². The number of rotatable bonds is 3. The summed E-state index contributed by atoms with van der Waals surface area (Å²) in [5, 5.41) is 3.66. The Bertz CT molecular complexity index is 389. The predicted molar refractivity (Wildman–Crippen MR) is 65.7 cm³/mol. The molecule has 1 aliphatic heterocycles. The van der Waals surface area contributed by atoms with Crippen LogP contribution < -0.4 is 10.1 Å². The molecule has 6 heteroatoms. The average Bonchev–Trinajstić information content (AvgIpc) is 2.29. The fourth-order valence-corrected chi connectivity index (χ4v) is 2.17. The van der Waals surface area contributed by atoms with Crippen LogP contribution in [0.2, 0.25) is 5.15 Å². The molecule has 1 saturated heterocycles. The number of nitrogens with zero attached hydrogens (tertiary/aromatic N) is 2. The lowest BCUT2D eigenvalue weighted by atomic mass is 10.0. The van der Waals surface area contributed by atoms with Crippen molar-refractivity contribution in [3.8, 4) is 5.75 Å². The normalized spacial score (nSPS) is 24.4. The minimum absolute atomic E-state index is 0.268. The molecule has 0 spiro atoms. The highest BCUT2D eigenvalue weighted by Crippen LogP contribution is 2.30. The van der Waals surface area contributed by atoms with Crippen LogP contribution >= 0.6 is 11.6 Å². The van der Waals surface area contributed by atoms with Crippen molar-refractivity contribution >= 4 is 17.4 Å². The minimum atomic E-state index is 0.268. The van der Waals surface area contributed by atoms with Crippen molar-refractivity contribution in [1.29, 1.82) is 0 Å². The maximum Gasteiger partial charge on any atom is 0.198 e. The van der Waals surface area contributed by atoms with Gasteiger partial charge in [0.25, 0.3) is 0 Å². The highest BCUT2D eigenvalue weighted by molar-refractivity contribution is 6.31. The van der Waals surface area contributed by atoms with Crippen LogP contribution in [0.25, 0.3) is 0 Å². The second kappa shape index (κ2) is 5.51. The number of nitrogens with one attached hydrogen (secondary N) is 1. The summed E-state index contributed by atoms with van der Waals surface area (Å²) in [5.74, 6) is 1.14. The second-order valence-electron chi connectivity index (χ2n) is 4.09. The van der Waals surface area contributed by atoms with E-state index in [1.54, 1.807) is 7.11 Å². The molecule has 0 amide bonds. The molecular weight excluding hydrogens is 242 g/mol. The molecule has 17 heavy (non-hydrogen) atoms. The van der Waals surface area contributed by atoms with Crippen LogP contribution in [-0.2, 0) is 4.74 Å². The Morgan fingerprint density at radius 1 is 1.53 bits per heavy atom. The van der Waals surface area contributed by atoms with Crippen LogP contribution in [0.4, 0.5) is 5.82 Å². The first-order chi connectivity index (χ1) is 8.20. The van der Waals surface area contributed by atoms with Gasteiger partial charge in [-0.05, 0) is 19.8 Å². The number of hydrogen-bond acceptors (Lipinski definition) is 5. The average molecular weight is 258 g/mol. The summed E-state index contributed by atoms with van der Waals surface area (Å²) in [6, 6.07) is 0.332. The molecule has 0 saturated carbocycles. The largest absolute Gasteiger partial charge is 0.490 e. The highest BCUT2D eigenvalue weighted by Gasteiger charge is 2.21. The summed E-state index contributed by atoms with van der Waals surface area (Å²) in [7, 11) is 1.56. The van der Waals surface area contributed by atoms with Gasteiger partial charge in [0.2, 0.25) is 0 Å². The summed E-state index contributed by atoms with van der Waals surface area (Å²) in [4.78, 5) is 8.04. The molecule has 1 aromatic heterocycles. The molecule has 2 atom stereocenters. The standard InChI is InChI=1S/C11H16ClN3O2/c1-7-5-8(3-4-17-7)15-11-9(16-2)10(12)13-6-14-11/h6-8H,3-5H2,1-2H3,(H,13,14,15). The third kappa shape index (κ3) is 2.98. The third-order valence-corrected chi connectivity index (χ3v) is 3.06. The fraction of sp³-hybridized carbons (Fsp3) is 0.636. The molecule has 5 nitrogen and oxygen atoms in total. The molecule has 1 N–H and O–H groups in total. The lowest BCUT2D eigenvalue weighted by Gasteiger charge is -2.28. The maximum atomic E-state index is 5.94. The molecule has 1 aromatic rings. The van der Waals surface area contributed by atoms with Gasteiger partial charge in [0, 0.05) is 12.6 Å². The van der Waals surface area contributed by atoms with Gasteiger partial charge < -0.3 is 14.8 Å². The van der Waals surface area contributed by atoms with E-state index in [1.807, 2.05) is 0 Å². The quantitative estimate of drug-likeness (QED) is 0.841. The van der Waals surface area contributed by atoms with Crippen LogP contribution in [0.3, 0.4) is 0 Å². The van der Waals surface area contributed by atoms with Gasteiger partial charge in [-0.15, -0.1) is 0 Å². The fourth-order valence-electron chi connectivity index (χ4n) is 1.96. The smallest absolute Gasteiger partial charge is 0.198 e. The van der Waals surface area contributed by atoms with E-state index in [1.165, 1.54) is 6.33 Å². The summed E-state index contributed by atoms with van der Waals surface area (Å²) in [6.07, 6.45) is 3.60. The maximum absolute atomic E-state index is 5.94. The van der Waals surface area contributed by atoms with Crippen molar-refractivity contribution in [3.63, 3.8) is 0 Å². The van der Waals surface area contributed by atoms with E-state index >= 15 is 0 Å². The van der Waals surface area contributed by atoms with E-state index in [4.69, 9.17) is 21.1 Å². The Morgan fingerprint density at radius 2 is 2.35 bits per heavy atom. The van der Waals surface area contributed by atoms with Crippen molar-refractivity contribution in [3.05, 3.63) is 11.5 Å². The number of hydrogen-bond donors (Lipinski definition) is 1. The van der Waals surface area contributed by atoms with Gasteiger partial charge >= 0.3 is 0 Å². The Kier molecular flexibility index (Phi) is 4.02. The van der Waals surface area contributed by atoms with Gasteiger partial charge in [-0.25, -0.2) is 9.97 Å². The van der Waals surface area contributed by atoms with Gasteiger partial charge in [-0.2, -0.15) is 0 Å². The van der Waals surface area contributed by atoms with E-state index in [0.717, 1.165) is 19.4 Å². The van der Waals surface area contributed by atoms with Crippen LogP contribution in [0.5, 0.6) is 5.75 Å². The molecular formula is C11H16ClN3O2. The van der Waals surface area contributed by atoms with Gasteiger partial charge in [-0.3, -0.25) is 0 Å². The molecule has 2 unspecified atom stereocenters. The van der Waals surface area contributed by atoms with Crippen molar-refractivity contribution in [1.82, 2.24) is 9.97 Å². The number of anilines is 1. The number of methoxy groups -OCH3 is 1. The van der Waals surface area contributed by atoms with E-state index in [2.05, 4.69) is 22.2 Å². The van der Waals surface area contributed by atoms with Crippen LogP contribution in [-0.4, -0.2) is 35.8 Å². The topological polar surface area (TPSA) is 56.3 Å². The molecule has 0 radical (unpaired) electrons. The van der Waals surface area contributed by atoms with Gasteiger partial charge in [0.15, 0.2) is 16.7 Å². The zero-order chi connectivity index (χ0) is 12.3. The minimum Gasteiger partial charge on any atom is -0.490 e. The van der Waals surface area contributed by atoms with Crippen LogP contribution in [0.1, 0.15) is 19.8 Å². The second-order valence-corrected chi connectivity index (χ2v) is 4.45. The summed E-state index contributed by atoms with van der Waals surface area (Å²) >= 11 is 5.94. The molecule has 94 valence electrons. The molecule has 2 rings (SSSR count). The molecule has 1 fully saturated rings. The Balaban J connectivity index is 2.10. The van der Waals surface area contributed by atoms with Crippen LogP contribution in [0.15, 0.2) is 6.33 Å². The number of ether oxygens (including phenoxy) is 2.